The Labute approximate surface area is 164 Å². The van der Waals surface area contributed by atoms with Crippen LogP contribution in [0.4, 0.5) is 0 Å². The minimum absolute atomic E-state index is 0.0137. The topological polar surface area (TPSA) is 63.7 Å². The van der Waals surface area contributed by atoms with E-state index in [1.807, 2.05) is 25.1 Å². The summed E-state index contributed by atoms with van der Waals surface area (Å²) in [6.45, 7) is 2.71. The minimum Gasteiger partial charge on any atom is -0.494 e. The van der Waals surface area contributed by atoms with Crippen LogP contribution in [0.3, 0.4) is 0 Å². The van der Waals surface area contributed by atoms with Crippen LogP contribution in [0.15, 0.2) is 48.5 Å². The molecular weight excluding hydrogens is 386 g/mol. The second kappa shape index (κ2) is 8.31. The lowest BCUT2D eigenvalue weighted by molar-refractivity contribution is 0.0681. The fourth-order valence-electron chi connectivity index (χ4n) is 3.22. The van der Waals surface area contributed by atoms with Gasteiger partial charge in [-0.25, -0.2) is 8.42 Å². The first-order valence-electron chi connectivity index (χ1n) is 8.87. The van der Waals surface area contributed by atoms with Gasteiger partial charge >= 0.3 is 0 Å². The number of amides is 1. The van der Waals surface area contributed by atoms with Gasteiger partial charge in [-0.05, 0) is 49.2 Å². The van der Waals surface area contributed by atoms with E-state index in [0.29, 0.717) is 29.4 Å². The third kappa shape index (κ3) is 4.82. The summed E-state index contributed by atoms with van der Waals surface area (Å²) >= 11 is 6.26. The molecule has 3 rings (SSSR count). The van der Waals surface area contributed by atoms with Crippen molar-refractivity contribution in [2.75, 3.05) is 18.1 Å². The van der Waals surface area contributed by atoms with Gasteiger partial charge in [0.15, 0.2) is 9.84 Å². The van der Waals surface area contributed by atoms with Gasteiger partial charge in [0.1, 0.15) is 5.75 Å². The van der Waals surface area contributed by atoms with Crippen molar-refractivity contribution < 1.29 is 17.9 Å². The molecule has 0 N–H and O–H groups in total. The van der Waals surface area contributed by atoms with Gasteiger partial charge in [0, 0.05) is 23.2 Å². The van der Waals surface area contributed by atoms with Crippen LogP contribution in [-0.2, 0) is 16.4 Å². The molecule has 27 heavy (non-hydrogen) atoms. The number of halogens is 1. The van der Waals surface area contributed by atoms with Gasteiger partial charge in [0.2, 0.25) is 0 Å². The summed E-state index contributed by atoms with van der Waals surface area (Å²) in [6, 6.07) is 13.8. The van der Waals surface area contributed by atoms with E-state index in [1.165, 1.54) is 0 Å². The van der Waals surface area contributed by atoms with E-state index in [9.17, 15) is 13.2 Å². The molecule has 2 aromatic carbocycles. The average molecular weight is 408 g/mol. The summed E-state index contributed by atoms with van der Waals surface area (Å²) in [6.07, 6.45) is 0.440. The first kappa shape index (κ1) is 19.7. The van der Waals surface area contributed by atoms with Gasteiger partial charge in [0.05, 0.1) is 18.1 Å². The Balaban J connectivity index is 1.88. The van der Waals surface area contributed by atoms with Crippen LogP contribution in [0.25, 0.3) is 0 Å². The van der Waals surface area contributed by atoms with E-state index in [1.54, 1.807) is 35.2 Å². The lowest BCUT2D eigenvalue weighted by atomic mass is 10.1. The zero-order valence-corrected chi connectivity index (χ0v) is 16.7. The number of carbonyl (C=O) groups excluding carboxylic acids is 1. The summed E-state index contributed by atoms with van der Waals surface area (Å²) in [5.41, 5.74) is 1.29. The number of hydrogen-bond acceptors (Lipinski definition) is 4. The molecule has 1 unspecified atom stereocenters. The largest absolute Gasteiger partial charge is 0.494 e. The Kier molecular flexibility index (Phi) is 6.07. The zero-order chi connectivity index (χ0) is 19.4. The lowest BCUT2D eigenvalue weighted by Gasteiger charge is -2.29. The molecule has 1 aliphatic heterocycles. The maximum absolute atomic E-state index is 13.2. The minimum atomic E-state index is -3.12. The van der Waals surface area contributed by atoms with Gasteiger partial charge in [-0.1, -0.05) is 29.8 Å². The van der Waals surface area contributed by atoms with E-state index >= 15 is 0 Å². The van der Waals surface area contributed by atoms with E-state index in [-0.39, 0.29) is 30.0 Å². The molecule has 1 heterocycles. The molecule has 0 saturated carbocycles. The smallest absolute Gasteiger partial charge is 0.254 e. The molecule has 0 aromatic heterocycles. The van der Waals surface area contributed by atoms with Crippen molar-refractivity contribution in [2.24, 2.45) is 0 Å². The third-order valence-electron chi connectivity index (χ3n) is 4.62. The summed E-state index contributed by atoms with van der Waals surface area (Å²) in [7, 11) is -3.12. The van der Waals surface area contributed by atoms with Crippen LogP contribution >= 0.6 is 11.6 Å². The zero-order valence-electron chi connectivity index (χ0n) is 15.1. The monoisotopic (exact) mass is 407 g/mol. The molecule has 0 aliphatic carbocycles. The molecule has 7 heteroatoms. The van der Waals surface area contributed by atoms with Crippen LogP contribution < -0.4 is 4.74 Å². The van der Waals surface area contributed by atoms with Crippen molar-refractivity contribution in [2.45, 2.75) is 25.9 Å². The number of ether oxygens (including phenoxy) is 1. The Morgan fingerprint density at radius 3 is 2.48 bits per heavy atom. The Morgan fingerprint density at radius 1 is 1.19 bits per heavy atom. The number of sulfone groups is 1. The lowest BCUT2D eigenvalue weighted by Crippen LogP contribution is -2.40. The van der Waals surface area contributed by atoms with E-state index in [0.717, 1.165) is 5.56 Å². The quantitative estimate of drug-likeness (QED) is 0.734. The van der Waals surface area contributed by atoms with Gasteiger partial charge in [-0.3, -0.25) is 4.79 Å². The van der Waals surface area contributed by atoms with Gasteiger partial charge in [0.25, 0.3) is 5.91 Å². The van der Waals surface area contributed by atoms with Crippen molar-refractivity contribution >= 4 is 27.3 Å². The third-order valence-corrected chi connectivity index (χ3v) is 6.74. The average Bonchev–Trinajstić information content (AvgIpc) is 3.01. The maximum Gasteiger partial charge on any atom is 0.254 e. The fourth-order valence-corrected chi connectivity index (χ4v) is 5.15. The van der Waals surface area contributed by atoms with Crippen LogP contribution in [-0.4, -0.2) is 43.4 Å². The second-order valence-electron chi connectivity index (χ2n) is 6.54. The Bertz CT molecular complexity index is 912. The Morgan fingerprint density at radius 2 is 1.89 bits per heavy atom. The maximum atomic E-state index is 13.2. The molecular formula is C20H22ClNO4S. The molecule has 0 radical (unpaired) electrons. The highest BCUT2D eigenvalue weighted by Gasteiger charge is 2.35. The summed E-state index contributed by atoms with van der Waals surface area (Å²) in [4.78, 5) is 14.8. The SMILES string of the molecule is CCOc1ccc(C(=O)N(Cc2ccccc2Cl)C2CCS(=O)(=O)C2)cc1. The van der Waals surface area contributed by atoms with Crippen molar-refractivity contribution in [1.29, 1.82) is 0 Å². The fraction of sp³-hybridized carbons (Fsp3) is 0.350. The van der Waals surface area contributed by atoms with Crippen LogP contribution in [0, 0.1) is 0 Å². The van der Waals surface area contributed by atoms with Gasteiger partial charge in [-0.2, -0.15) is 0 Å². The molecule has 2 aromatic rings. The van der Waals surface area contributed by atoms with E-state index in [2.05, 4.69) is 0 Å². The van der Waals surface area contributed by atoms with Gasteiger partial charge < -0.3 is 9.64 Å². The number of hydrogen-bond donors (Lipinski definition) is 0. The molecule has 1 aliphatic rings. The second-order valence-corrected chi connectivity index (χ2v) is 9.17. The molecule has 1 saturated heterocycles. The van der Waals surface area contributed by atoms with Crippen molar-refractivity contribution in [3.05, 3.63) is 64.7 Å². The highest BCUT2D eigenvalue weighted by molar-refractivity contribution is 7.91. The van der Waals surface area contributed by atoms with Crippen molar-refractivity contribution in [1.82, 2.24) is 4.90 Å². The first-order chi connectivity index (χ1) is 12.9. The van der Waals surface area contributed by atoms with Crippen molar-refractivity contribution in [3.63, 3.8) is 0 Å². The Hall–Kier alpha value is -2.05. The van der Waals surface area contributed by atoms with Crippen molar-refractivity contribution in [3.8, 4) is 5.75 Å². The summed E-state index contributed by atoms with van der Waals surface area (Å²) in [5, 5.41) is 0.558. The van der Waals surface area contributed by atoms with Crippen LogP contribution in [0.2, 0.25) is 5.02 Å². The molecule has 5 nitrogen and oxygen atoms in total. The first-order valence-corrected chi connectivity index (χ1v) is 11.1. The van der Waals surface area contributed by atoms with Gasteiger partial charge in [-0.15, -0.1) is 0 Å². The number of benzene rings is 2. The molecule has 1 fully saturated rings. The predicted molar refractivity (Wildman–Crippen MR) is 106 cm³/mol. The highest BCUT2D eigenvalue weighted by Crippen LogP contribution is 2.25. The predicted octanol–water partition coefficient (Wildman–Crippen LogP) is 3.57. The normalized spacial score (nSPS) is 18.2. The standard InChI is InChI=1S/C20H22ClNO4S/c1-2-26-18-9-7-15(8-10-18)20(23)22(17-11-12-27(24,25)14-17)13-16-5-3-4-6-19(16)21/h3-10,17H,2,11-14H2,1H3. The molecule has 144 valence electrons. The van der Waals surface area contributed by atoms with Crippen LogP contribution in [0.1, 0.15) is 29.3 Å². The van der Waals surface area contributed by atoms with E-state index in [4.69, 9.17) is 16.3 Å². The van der Waals surface area contributed by atoms with E-state index < -0.39 is 9.84 Å². The molecule has 1 atom stereocenters. The number of carbonyl (C=O) groups is 1. The molecule has 1 amide bonds. The highest BCUT2D eigenvalue weighted by atomic mass is 35.5. The number of nitrogens with zero attached hydrogens (tertiary/aromatic N) is 1. The summed E-state index contributed by atoms with van der Waals surface area (Å²) in [5.74, 6) is 0.572. The number of rotatable bonds is 6. The molecule has 0 bridgehead atoms. The summed E-state index contributed by atoms with van der Waals surface area (Å²) < 4.78 is 29.3. The van der Waals surface area contributed by atoms with Crippen LogP contribution in [0.5, 0.6) is 5.75 Å². The molecule has 0 spiro atoms.